The van der Waals surface area contributed by atoms with Gasteiger partial charge in [0.15, 0.2) is 0 Å². The van der Waals surface area contributed by atoms with Crippen LogP contribution in [0, 0.1) is 29.6 Å². The molecular formula is C24H33Cl. The van der Waals surface area contributed by atoms with E-state index in [0.717, 1.165) is 40.5 Å². The number of hydrogen-bond acceptors (Lipinski definition) is 0. The number of fused-ring (bicyclic) bond motifs is 3. The third kappa shape index (κ3) is 3.85. The molecule has 0 heterocycles. The van der Waals surface area contributed by atoms with Gasteiger partial charge >= 0.3 is 0 Å². The fraction of sp³-hybridized carbons (Fsp3) is 0.667. The summed E-state index contributed by atoms with van der Waals surface area (Å²) in [6.45, 7) is 3.91. The highest BCUT2D eigenvalue weighted by atomic mass is 35.5. The molecule has 0 radical (unpaired) electrons. The molecule has 0 nitrogen and oxygen atoms in total. The fourth-order valence-corrected chi connectivity index (χ4v) is 6.67. The third-order valence-electron chi connectivity index (χ3n) is 7.77. The first-order valence-corrected chi connectivity index (χ1v) is 11.0. The van der Waals surface area contributed by atoms with Crippen molar-refractivity contribution in [1.29, 1.82) is 0 Å². The molecule has 1 heteroatoms. The standard InChI is InChI=1S/C24H33Cl/c1-2-3-4-17-5-13-23-20(15-17)6-7-21-16-19(10-14-24(21)23)18-8-11-22(25)12-9-18/h2,8-9,11-12,17,19-21,23-24H,1,3-7,10,13-16H2/t17-,19?,20-,21+,23+,24+/m1/s1. The van der Waals surface area contributed by atoms with Crippen molar-refractivity contribution in [3.63, 3.8) is 0 Å². The molecule has 4 rings (SSSR count). The van der Waals surface area contributed by atoms with Crippen LogP contribution < -0.4 is 0 Å². The van der Waals surface area contributed by atoms with Gasteiger partial charge in [0.1, 0.15) is 0 Å². The Kier molecular flexibility index (Phi) is 5.56. The maximum absolute atomic E-state index is 6.08. The SMILES string of the molecule is C=CCC[C@@H]1CC[C@H]2[C@H](CC[C@H]3CC(c4ccc(Cl)cc4)CC[C@@H]32)C1. The van der Waals surface area contributed by atoms with E-state index in [1.54, 1.807) is 0 Å². The van der Waals surface area contributed by atoms with E-state index in [1.807, 2.05) is 0 Å². The molecule has 1 unspecified atom stereocenters. The Bertz CT molecular complexity index is 574. The summed E-state index contributed by atoms with van der Waals surface area (Å²) >= 11 is 6.08. The molecule has 0 aliphatic heterocycles. The van der Waals surface area contributed by atoms with Crippen molar-refractivity contribution in [3.8, 4) is 0 Å². The van der Waals surface area contributed by atoms with Gasteiger partial charge in [-0.2, -0.15) is 0 Å². The number of rotatable bonds is 4. The van der Waals surface area contributed by atoms with E-state index in [-0.39, 0.29) is 0 Å². The predicted octanol–water partition coefficient (Wildman–Crippen LogP) is 7.63. The Morgan fingerprint density at radius 1 is 0.880 bits per heavy atom. The maximum atomic E-state index is 6.08. The molecule has 25 heavy (non-hydrogen) atoms. The Hall–Kier alpha value is -0.750. The molecule has 0 spiro atoms. The maximum Gasteiger partial charge on any atom is 0.0406 e. The van der Waals surface area contributed by atoms with E-state index in [0.29, 0.717) is 0 Å². The topological polar surface area (TPSA) is 0 Å². The summed E-state index contributed by atoms with van der Waals surface area (Å²) < 4.78 is 0. The zero-order valence-corrected chi connectivity index (χ0v) is 16.3. The van der Waals surface area contributed by atoms with Crippen molar-refractivity contribution in [3.05, 3.63) is 47.5 Å². The molecular weight excluding hydrogens is 324 g/mol. The molecule has 0 N–H and O–H groups in total. The lowest BCUT2D eigenvalue weighted by Crippen LogP contribution is -2.41. The molecule has 3 fully saturated rings. The lowest BCUT2D eigenvalue weighted by atomic mass is 9.55. The van der Waals surface area contributed by atoms with Gasteiger partial charge in [-0.05, 0) is 111 Å². The molecule has 6 atom stereocenters. The quantitative estimate of drug-likeness (QED) is 0.486. The lowest BCUT2D eigenvalue weighted by Gasteiger charge is -2.51. The highest BCUT2D eigenvalue weighted by Crippen LogP contribution is 2.55. The normalized spacial score (nSPS) is 37.8. The van der Waals surface area contributed by atoms with E-state index in [2.05, 4.69) is 36.9 Å². The van der Waals surface area contributed by atoms with Crippen molar-refractivity contribution >= 4 is 11.6 Å². The summed E-state index contributed by atoms with van der Waals surface area (Å²) in [7, 11) is 0. The minimum absolute atomic E-state index is 0.777. The van der Waals surface area contributed by atoms with E-state index < -0.39 is 0 Å². The van der Waals surface area contributed by atoms with Crippen LogP contribution in [0.5, 0.6) is 0 Å². The molecule has 3 aliphatic carbocycles. The Morgan fingerprint density at radius 2 is 1.56 bits per heavy atom. The molecule has 3 aliphatic rings. The Labute approximate surface area is 159 Å². The smallest absolute Gasteiger partial charge is 0.0406 e. The van der Waals surface area contributed by atoms with Gasteiger partial charge in [-0.3, -0.25) is 0 Å². The van der Waals surface area contributed by atoms with Crippen molar-refractivity contribution in [1.82, 2.24) is 0 Å². The van der Waals surface area contributed by atoms with Crippen molar-refractivity contribution in [2.24, 2.45) is 29.6 Å². The first-order chi connectivity index (χ1) is 12.2. The summed E-state index contributed by atoms with van der Waals surface area (Å²) in [5.74, 6) is 5.87. The first kappa shape index (κ1) is 17.7. The molecule has 0 bridgehead atoms. The van der Waals surface area contributed by atoms with E-state index >= 15 is 0 Å². The summed E-state index contributed by atoms with van der Waals surface area (Å²) in [5.41, 5.74) is 1.53. The predicted molar refractivity (Wildman–Crippen MR) is 108 cm³/mol. The number of halogens is 1. The van der Waals surface area contributed by atoms with Crippen LogP contribution in [0.15, 0.2) is 36.9 Å². The zero-order valence-electron chi connectivity index (χ0n) is 15.5. The zero-order chi connectivity index (χ0) is 17.2. The first-order valence-electron chi connectivity index (χ1n) is 10.6. The van der Waals surface area contributed by atoms with Gasteiger partial charge in [-0.15, -0.1) is 6.58 Å². The largest absolute Gasteiger partial charge is 0.103 e. The molecule has 3 saturated carbocycles. The third-order valence-corrected chi connectivity index (χ3v) is 8.02. The summed E-state index contributed by atoms with van der Waals surface area (Å²) in [4.78, 5) is 0. The van der Waals surface area contributed by atoms with Gasteiger partial charge in [-0.1, -0.05) is 36.2 Å². The van der Waals surface area contributed by atoms with Crippen molar-refractivity contribution in [2.75, 3.05) is 0 Å². The highest BCUT2D eigenvalue weighted by Gasteiger charge is 2.44. The van der Waals surface area contributed by atoms with Crippen LogP contribution in [-0.4, -0.2) is 0 Å². The minimum Gasteiger partial charge on any atom is -0.103 e. The fourth-order valence-electron chi connectivity index (χ4n) is 6.54. The van der Waals surface area contributed by atoms with Crippen LogP contribution in [0.2, 0.25) is 5.02 Å². The summed E-state index contributed by atoms with van der Waals surface area (Å²) in [6, 6.07) is 8.68. The van der Waals surface area contributed by atoms with E-state index in [9.17, 15) is 0 Å². The van der Waals surface area contributed by atoms with Gasteiger partial charge in [-0.25, -0.2) is 0 Å². The molecule has 0 aromatic heterocycles. The van der Waals surface area contributed by atoms with Crippen molar-refractivity contribution < 1.29 is 0 Å². The molecule has 0 amide bonds. The van der Waals surface area contributed by atoms with Crippen LogP contribution in [0.25, 0.3) is 0 Å². The van der Waals surface area contributed by atoms with Crippen molar-refractivity contribution in [2.45, 2.75) is 70.1 Å². The van der Waals surface area contributed by atoms with Gasteiger partial charge in [0.2, 0.25) is 0 Å². The second-order valence-electron chi connectivity index (χ2n) is 9.03. The molecule has 1 aromatic rings. The lowest BCUT2D eigenvalue weighted by molar-refractivity contribution is 0.00566. The average molecular weight is 357 g/mol. The van der Waals surface area contributed by atoms with Gasteiger partial charge in [0.05, 0.1) is 0 Å². The second-order valence-corrected chi connectivity index (χ2v) is 9.47. The van der Waals surface area contributed by atoms with E-state index in [1.165, 1.54) is 69.8 Å². The van der Waals surface area contributed by atoms with Crippen LogP contribution >= 0.6 is 11.6 Å². The molecule has 0 saturated heterocycles. The number of benzene rings is 1. The molecule has 136 valence electrons. The number of hydrogen-bond donors (Lipinski definition) is 0. The van der Waals surface area contributed by atoms with Crippen LogP contribution in [0.4, 0.5) is 0 Å². The van der Waals surface area contributed by atoms with Crippen LogP contribution in [-0.2, 0) is 0 Å². The second kappa shape index (κ2) is 7.87. The Morgan fingerprint density at radius 3 is 2.28 bits per heavy atom. The minimum atomic E-state index is 0.777. The van der Waals surface area contributed by atoms with E-state index in [4.69, 9.17) is 11.6 Å². The summed E-state index contributed by atoms with van der Waals surface area (Å²) in [6.07, 6.45) is 16.5. The van der Waals surface area contributed by atoms with Gasteiger partial charge in [0, 0.05) is 5.02 Å². The Balaban J connectivity index is 1.38. The van der Waals surface area contributed by atoms with Gasteiger partial charge < -0.3 is 0 Å². The molecule has 1 aromatic carbocycles. The van der Waals surface area contributed by atoms with Crippen LogP contribution in [0.1, 0.15) is 75.7 Å². The van der Waals surface area contributed by atoms with Gasteiger partial charge in [0.25, 0.3) is 0 Å². The number of allylic oxidation sites excluding steroid dienone is 1. The highest BCUT2D eigenvalue weighted by molar-refractivity contribution is 6.30. The van der Waals surface area contributed by atoms with Crippen LogP contribution in [0.3, 0.4) is 0 Å². The summed E-state index contributed by atoms with van der Waals surface area (Å²) in [5, 5.41) is 0.867. The average Bonchev–Trinajstić information content (AvgIpc) is 2.66. The monoisotopic (exact) mass is 356 g/mol.